The second-order valence-corrected chi connectivity index (χ2v) is 3.03. The largest absolute Gasteiger partial charge is 0.480 e. The monoisotopic (exact) mass is 217 g/mol. The van der Waals surface area contributed by atoms with E-state index in [0.29, 0.717) is 0 Å². The van der Waals surface area contributed by atoms with Crippen molar-refractivity contribution < 1.29 is 9.90 Å². The summed E-state index contributed by atoms with van der Waals surface area (Å²) in [6.07, 6.45) is 1.30. The number of nitrogens with zero attached hydrogens (tertiary/aromatic N) is 2. The van der Waals surface area contributed by atoms with Crippen molar-refractivity contribution in [3.8, 4) is 0 Å². The number of carboxylic acids is 1. The highest BCUT2D eigenvalue weighted by Gasteiger charge is 2.11. The van der Waals surface area contributed by atoms with Crippen molar-refractivity contribution in [3.63, 3.8) is 0 Å². The normalized spacial score (nSPS) is 9.86. The third-order valence-corrected chi connectivity index (χ3v) is 1.93. The van der Waals surface area contributed by atoms with Crippen LogP contribution in [0.5, 0.6) is 0 Å². The molecular formula is C7H8ClN3O3. The zero-order chi connectivity index (χ0) is 10.7. The van der Waals surface area contributed by atoms with Gasteiger partial charge in [0.25, 0.3) is 5.56 Å². The van der Waals surface area contributed by atoms with Gasteiger partial charge >= 0.3 is 5.97 Å². The number of aromatic nitrogens is 2. The van der Waals surface area contributed by atoms with Gasteiger partial charge in [0.05, 0.1) is 11.9 Å². The molecule has 0 spiro atoms. The molecule has 0 bridgehead atoms. The molecule has 1 heterocycles. The smallest absolute Gasteiger partial charge is 0.323 e. The molecule has 1 rings (SSSR count). The van der Waals surface area contributed by atoms with Gasteiger partial charge in [0, 0.05) is 7.05 Å². The average Bonchev–Trinajstić information content (AvgIpc) is 2.08. The number of aliphatic carboxylic acids is 1. The van der Waals surface area contributed by atoms with E-state index in [9.17, 15) is 9.59 Å². The number of hydrogen-bond acceptors (Lipinski definition) is 4. The molecule has 0 atom stereocenters. The van der Waals surface area contributed by atoms with Gasteiger partial charge in [-0.25, -0.2) is 5.10 Å². The Morgan fingerprint density at radius 3 is 3.00 bits per heavy atom. The summed E-state index contributed by atoms with van der Waals surface area (Å²) in [5, 5.41) is 14.1. The van der Waals surface area contributed by atoms with Crippen LogP contribution in [0.15, 0.2) is 11.0 Å². The molecule has 1 aromatic rings. The number of rotatable bonds is 3. The Kier molecular flexibility index (Phi) is 3.08. The first-order valence-electron chi connectivity index (χ1n) is 3.68. The predicted molar refractivity (Wildman–Crippen MR) is 50.8 cm³/mol. The van der Waals surface area contributed by atoms with Crippen molar-refractivity contribution >= 4 is 23.3 Å². The Balaban J connectivity index is 3.01. The number of halogens is 1. The highest BCUT2D eigenvalue weighted by atomic mass is 35.5. The van der Waals surface area contributed by atoms with Crippen LogP contribution in [0, 0.1) is 0 Å². The first-order chi connectivity index (χ1) is 6.52. The van der Waals surface area contributed by atoms with Crippen LogP contribution in [0.2, 0.25) is 5.02 Å². The van der Waals surface area contributed by atoms with Gasteiger partial charge < -0.3 is 10.0 Å². The fraction of sp³-hybridized carbons (Fsp3) is 0.286. The van der Waals surface area contributed by atoms with E-state index in [2.05, 4.69) is 10.2 Å². The lowest BCUT2D eigenvalue weighted by molar-refractivity contribution is -0.135. The van der Waals surface area contributed by atoms with E-state index in [1.165, 1.54) is 18.1 Å². The molecule has 0 fully saturated rings. The standard InChI is InChI=1S/C7H8ClN3O3/c1-11(3-5(12)13)4-2-9-10-7(14)6(4)8/h2H,3H2,1H3,(H,10,14)(H,12,13). The van der Waals surface area contributed by atoms with Crippen molar-refractivity contribution in [2.75, 3.05) is 18.5 Å². The molecule has 0 aliphatic rings. The number of likely N-dealkylation sites (N-methyl/N-ethyl adjacent to an activating group) is 1. The van der Waals surface area contributed by atoms with Gasteiger partial charge in [-0.2, -0.15) is 5.10 Å². The van der Waals surface area contributed by atoms with E-state index in [4.69, 9.17) is 16.7 Å². The molecule has 0 saturated carbocycles. The number of aromatic amines is 1. The quantitative estimate of drug-likeness (QED) is 0.741. The molecule has 0 aliphatic heterocycles. The van der Waals surface area contributed by atoms with Crippen LogP contribution < -0.4 is 10.5 Å². The van der Waals surface area contributed by atoms with Crippen LogP contribution in [-0.4, -0.2) is 34.9 Å². The molecule has 0 unspecified atom stereocenters. The van der Waals surface area contributed by atoms with Crippen molar-refractivity contribution in [1.29, 1.82) is 0 Å². The van der Waals surface area contributed by atoms with Crippen LogP contribution in [0.4, 0.5) is 5.69 Å². The first-order valence-corrected chi connectivity index (χ1v) is 4.06. The third-order valence-electron chi connectivity index (χ3n) is 1.56. The van der Waals surface area contributed by atoms with Gasteiger partial charge in [0.1, 0.15) is 11.6 Å². The lowest BCUT2D eigenvalue weighted by atomic mass is 10.4. The molecule has 2 N–H and O–H groups in total. The summed E-state index contributed by atoms with van der Waals surface area (Å²) >= 11 is 5.65. The first kappa shape index (κ1) is 10.5. The maximum absolute atomic E-state index is 11.0. The minimum absolute atomic E-state index is 0.0660. The zero-order valence-corrected chi connectivity index (χ0v) is 8.08. The highest BCUT2D eigenvalue weighted by molar-refractivity contribution is 6.33. The van der Waals surface area contributed by atoms with Gasteiger partial charge in [0.2, 0.25) is 0 Å². The summed E-state index contributed by atoms with van der Waals surface area (Å²) in [7, 11) is 1.51. The fourth-order valence-electron chi connectivity index (χ4n) is 0.928. The number of anilines is 1. The minimum atomic E-state index is -1.01. The Labute approximate surface area is 84.1 Å². The number of carboxylic acid groups (broad SMARTS) is 1. The summed E-state index contributed by atoms with van der Waals surface area (Å²) in [6, 6.07) is 0. The lowest BCUT2D eigenvalue weighted by Crippen LogP contribution is -2.27. The Hall–Kier alpha value is -1.56. The predicted octanol–water partition coefficient (Wildman–Crippen LogP) is -0.0559. The highest BCUT2D eigenvalue weighted by Crippen LogP contribution is 2.18. The Bertz CT molecular complexity index is 403. The fourth-order valence-corrected chi connectivity index (χ4v) is 1.16. The van der Waals surface area contributed by atoms with Gasteiger partial charge in [-0.3, -0.25) is 9.59 Å². The topological polar surface area (TPSA) is 86.3 Å². The third kappa shape index (κ3) is 2.23. The second-order valence-electron chi connectivity index (χ2n) is 2.65. The molecular weight excluding hydrogens is 210 g/mol. The van der Waals surface area contributed by atoms with Gasteiger partial charge in [-0.1, -0.05) is 11.6 Å². The van der Waals surface area contributed by atoms with Crippen molar-refractivity contribution in [3.05, 3.63) is 21.6 Å². The van der Waals surface area contributed by atoms with Crippen LogP contribution in [-0.2, 0) is 4.79 Å². The van der Waals surface area contributed by atoms with E-state index in [1.54, 1.807) is 0 Å². The molecule has 6 nitrogen and oxygen atoms in total. The summed E-state index contributed by atoms with van der Waals surface area (Å²) in [5.41, 5.74) is -0.251. The average molecular weight is 218 g/mol. The van der Waals surface area contributed by atoms with E-state index in [0.717, 1.165) is 0 Å². The van der Waals surface area contributed by atoms with Crippen molar-refractivity contribution in [1.82, 2.24) is 10.2 Å². The van der Waals surface area contributed by atoms with Gasteiger partial charge in [0.15, 0.2) is 0 Å². The molecule has 76 valence electrons. The molecule has 14 heavy (non-hydrogen) atoms. The van der Waals surface area contributed by atoms with Crippen LogP contribution in [0.25, 0.3) is 0 Å². The molecule has 7 heteroatoms. The molecule has 0 saturated heterocycles. The number of carbonyl (C=O) groups is 1. The van der Waals surface area contributed by atoms with Crippen LogP contribution in [0.3, 0.4) is 0 Å². The SMILES string of the molecule is CN(CC(=O)O)c1cn[nH]c(=O)c1Cl. The zero-order valence-electron chi connectivity index (χ0n) is 7.32. The van der Waals surface area contributed by atoms with Crippen LogP contribution >= 0.6 is 11.6 Å². The summed E-state index contributed by atoms with van der Waals surface area (Å²) in [6.45, 7) is -0.245. The van der Waals surface area contributed by atoms with E-state index in [1.807, 2.05) is 0 Å². The summed E-state index contributed by atoms with van der Waals surface area (Å²) < 4.78 is 0. The molecule has 0 radical (unpaired) electrons. The molecule has 0 amide bonds. The molecule has 0 aliphatic carbocycles. The number of hydrogen-bond donors (Lipinski definition) is 2. The maximum atomic E-state index is 11.0. The maximum Gasteiger partial charge on any atom is 0.323 e. The summed E-state index contributed by atoms with van der Waals surface area (Å²) in [4.78, 5) is 22.7. The van der Waals surface area contributed by atoms with Crippen molar-refractivity contribution in [2.45, 2.75) is 0 Å². The Morgan fingerprint density at radius 2 is 2.43 bits per heavy atom. The Morgan fingerprint density at radius 1 is 1.79 bits per heavy atom. The number of nitrogens with one attached hydrogen (secondary N) is 1. The van der Waals surface area contributed by atoms with Crippen LogP contribution in [0.1, 0.15) is 0 Å². The van der Waals surface area contributed by atoms with Crippen molar-refractivity contribution in [2.24, 2.45) is 0 Å². The molecule has 0 aromatic carbocycles. The summed E-state index contributed by atoms with van der Waals surface area (Å²) in [5.74, 6) is -1.01. The van der Waals surface area contributed by atoms with E-state index < -0.39 is 11.5 Å². The lowest BCUT2D eigenvalue weighted by Gasteiger charge is -2.16. The van der Waals surface area contributed by atoms with E-state index in [-0.39, 0.29) is 17.3 Å². The molecule has 1 aromatic heterocycles. The minimum Gasteiger partial charge on any atom is -0.480 e. The van der Waals surface area contributed by atoms with E-state index >= 15 is 0 Å². The second kappa shape index (κ2) is 4.10. The van der Waals surface area contributed by atoms with Gasteiger partial charge in [-0.05, 0) is 0 Å². The van der Waals surface area contributed by atoms with Gasteiger partial charge in [-0.15, -0.1) is 0 Å². The number of H-pyrrole nitrogens is 1.